The summed E-state index contributed by atoms with van der Waals surface area (Å²) < 4.78 is 26.6. The van der Waals surface area contributed by atoms with Gasteiger partial charge in [-0.25, -0.2) is 8.78 Å². The fourth-order valence-electron chi connectivity index (χ4n) is 1.66. The van der Waals surface area contributed by atoms with Crippen molar-refractivity contribution in [3.05, 3.63) is 34.4 Å². The Hall–Kier alpha value is -1.69. The van der Waals surface area contributed by atoms with Crippen LogP contribution in [0.25, 0.3) is 0 Å². The molecule has 0 radical (unpaired) electrons. The first-order chi connectivity index (χ1) is 8.85. The van der Waals surface area contributed by atoms with E-state index in [1.165, 1.54) is 0 Å². The monoisotopic (exact) mass is 289 g/mol. The van der Waals surface area contributed by atoms with Gasteiger partial charge in [0, 0.05) is 6.54 Å². The van der Waals surface area contributed by atoms with E-state index in [0.29, 0.717) is 25.0 Å². The Balaban J connectivity index is 2.09. The van der Waals surface area contributed by atoms with Crippen LogP contribution in [-0.4, -0.2) is 23.5 Å². The maximum absolute atomic E-state index is 13.4. The highest BCUT2D eigenvalue weighted by atomic mass is 35.5. The zero-order chi connectivity index (χ0) is 14.2. The van der Waals surface area contributed by atoms with Crippen LogP contribution < -0.4 is 5.32 Å². The highest BCUT2D eigenvalue weighted by molar-refractivity contribution is 6.30. The first-order valence-corrected chi connectivity index (χ1v) is 5.90. The molecule has 2 rings (SSSR count). The second-order valence-corrected chi connectivity index (χ2v) is 4.92. The standard InChI is InChI=1S/C12H10ClF2NO3/c13-7-4-8(14)6(3-9(7)15)10(17)16-5-12(1-2-12)11(18)19/h3-4H,1-2,5H2,(H,16,17)(H,18,19). The van der Waals surface area contributed by atoms with Crippen molar-refractivity contribution in [3.63, 3.8) is 0 Å². The number of carbonyl (C=O) groups is 2. The fourth-order valence-corrected chi connectivity index (χ4v) is 1.81. The van der Waals surface area contributed by atoms with Crippen molar-refractivity contribution in [2.24, 2.45) is 5.41 Å². The van der Waals surface area contributed by atoms with E-state index in [4.69, 9.17) is 16.7 Å². The number of rotatable bonds is 4. The summed E-state index contributed by atoms with van der Waals surface area (Å²) >= 11 is 5.37. The van der Waals surface area contributed by atoms with E-state index in [-0.39, 0.29) is 6.54 Å². The second-order valence-electron chi connectivity index (χ2n) is 4.51. The van der Waals surface area contributed by atoms with Crippen molar-refractivity contribution >= 4 is 23.5 Å². The molecule has 1 aromatic rings. The van der Waals surface area contributed by atoms with Gasteiger partial charge in [-0.1, -0.05) is 11.6 Å². The van der Waals surface area contributed by atoms with E-state index in [2.05, 4.69) is 5.32 Å². The number of amides is 1. The Morgan fingerprint density at radius 2 is 1.95 bits per heavy atom. The van der Waals surface area contributed by atoms with Crippen molar-refractivity contribution in [2.75, 3.05) is 6.54 Å². The number of halogens is 3. The normalized spacial score (nSPS) is 15.9. The minimum Gasteiger partial charge on any atom is -0.481 e. The molecule has 0 heterocycles. The molecule has 0 atom stereocenters. The molecule has 0 spiro atoms. The van der Waals surface area contributed by atoms with Crippen LogP contribution in [0.4, 0.5) is 8.78 Å². The lowest BCUT2D eigenvalue weighted by Gasteiger charge is -2.11. The van der Waals surface area contributed by atoms with Crippen LogP contribution >= 0.6 is 11.6 Å². The van der Waals surface area contributed by atoms with Crippen LogP contribution in [0.1, 0.15) is 23.2 Å². The molecule has 0 aromatic heterocycles. The maximum atomic E-state index is 13.4. The van der Waals surface area contributed by atoms with Crippen LogP contribution in [0.2, 0.25) is 5.02 Å². The van der Waals surface area contributed by atoms with Gasteiger partial charge in [0.2, 0.25) is 0 Å². The summed E-state index contributed by atoms with van der Waals surface area (Å²) in [6.45, 7) is -0.106. The lowest BCUT2D eigenvalue weighted by molar-refractivity contribution is -0.143. The highest BCUT2D eigenvalue weighted by Gasteiger charge is 2.50. The third-order valence-corrected chi connectivity index (χ3v) is 3.44. The summed E-state index contributed by atoms with van der Waals surface area (Å²) in [5, 5.41) is 10.8. The van der Waals surface area contributed by atoms with Crippen molar-refractivity contribution in [2.45, 2.75) is 12.8 Å². The summed E-state index contributed by atoms with van der Waals surface area (Å²) in [6, 6.07) is 1.39. The number of hydrogen-bond donors (Lipinski definition) is 2. The van der Waals surface area contributed by atoms with Crippen LogP contribution in [0.15, 0.2) is 12.1 Å². The lowest BCUT2D eigenvalue weighted by atomic mass is 10.1. The largest absolute Gasteiger partial charge is 0.481 e. The summed E-state index contributed by atoms with van der Waals surface area (Å²) in [7, 11) is 0. The average Bonchev–Trinajstić information content (AvgIpc) is 3.12. The zero-order valence-electron chi connectivity index (χ0n) is 9.67. The van der Waals surface area contributed by atoms with Gasteiger partial charge >= 0.3 is 5.97 Å². The van der Waals surface area contributed by atoms with Gasteiger partial charge in [-0.2, -0.15) is 0 Å². The van der Waals surface area contributed by atoms with Crippen LogP contribution in [0.3, 0.4) is 0 Å². The van der Waals surface area contributed by atoms with E-state index in [9.17, 15) is 18.4 Å². The van der Waals surface area contributed by atoms with Gasteiger partial charge in [-0.05, 0) is 25.0 Å². The van der Waals surface area contributed by atoms with Crippen molar-refractivity contribution in [3.8, 4) is 0 Å². The molecular formula is C12H10ClF2NO3. The molecule has 1 saturated carbocycles. The van der Waals surface area contributed by atoms with Gasteiger partial charge in [0.15, 0.2) is 0 Å². The van der Waals surface area contributed by atoms with Crippen LogP contribution in [0, 0.1) is 17.0 Å². The molecule has 1 aliphatic rings. The van der Waals surface area contributed by atoms with E-state index in [1.807, 2.05) is 0 Å². The predicted molar refractivity (Wildman–Crippen MR) is 63.0 cm³/mol. The molecular weight excluding hydrogens is 280 g/mol. The summed E-state index contributed by atoms with van der Waals surface area (Å²) in [5.74, 6) is -3.73. The summed E-state index contributed by atoms with van der Waals surface area (Å²) in [4.78, 5) is 22.6. The average molecular weight is 290 g/mol. The molecule has 102 valence electrons. The lowest BCUT2D eigenvalue weighted by Crippen LogP contribution is -2.34. The molecule has 1 aliphatic carbocycles. The fraction of sp³-hybridized carbons (Fsp3) is 0.333. The Kier molecular flexibility index (Phi) is 3.45. The predicted octanol–water partition coefficient (Wildman–Crippen LogP) is 2.21. The van der Waals surface area contributed by atoms with Gasteiger partial charge in [0.05, 0.1) is 16.0 Å². The zero-order valence-corrected chi connectivity index (χ0v) is 10.4. The van der Waals surface area contributed by atoms with Gasteiger partial charge < -0.3 is 10.4 Å². The van der Waals surface area contributed by atoms with E-state index >= 15 is 0 Å². The first-order valence-electron chi connectivity index (χ1n) is 5.52. The molecule has 1 fully saturated rings. The number of carboxylic acid groups (broad SMARTS) is 1. The maximum Gasteiger partial charge on any atom is 0.311 e. The molecule has 0 unspecified atom stereocenters. The third kappa shape index (κ3) is 2.68. The third-order valence-electron chi connectivity index (χ3n) is 3.15. The van der Waals surface area contributed by atoms with Crippen LogP contribution in [0.5, 0.6) is 0 Å². The van der Waals surface area contributed by atoms with Gasteiger partial charge in [-0.15, -0.1) is 0 Å². The Bertz CT molecular complexity index is 558. The Labute approximate surface area is 112 Å². The molecule has 0 aliphatic heterocycles. The number of hydrogen-bond acceptors (Lipinski definition) is 2. The molecule has 1 aromatic carbocycles. The van der Waals surface area contributed by atoms with E-state index < -0.39 is 39.5 Å². The Morgan fingerprint density at radius 3 is 2.47 bits per heavy atom. The molecule has 19 heavy (non-hydrogen) atoms. The molecule has 1 amide bonds. The van der Waals surface area contributed by atoms with Crippen molar-refractivity contribution in [1.82, 2.24) is 5.32 Å². The SMILES string of the molecule is O=C(NCC1(C(=O)O)CC1)c1cc(F)c(Cl)cc1F. The minimum absolute atomic E-state index is 0.106. The number of benzene rings is 1. The van der Waals surface area contributed by atoms with Gasteiger partial charge in [0.25, 0.3) is 5.91 Å². The van der Waals surface area contributed by atoms with Gasteiger partial charge in [-0.3, -0.25) is 9.59 Å². The first kappa shape index (κ1) is 13.7. The number of carbonyl (C=O) groups excluding carboxylic acids is 1. The van der Waals surface area contributed by atoms with Crippen molar-refractivity contribution in [1.29, 1.82) is 0 Å². The number of carboxylic acids is 1. The second kappa shape index (κ2) is 4.77. The highest BCUT2D eigenvalue weighted by Crippen LogP contribution is 2.45. The summed E-state index contributed by atoms with van der Waals surface area (Å²) in [6.07, 6.45) is 0.917. The van der Waals surface area contributed by atoms with Crippen molar-refractivity contribution < 1.29 is 23.5 Å². The molecule has 0 saturated heterocycles. The topological polar surface area (TPSA) is 66.4 Å². The minimum atomic E-state index is -1.00. The van der Waals surface area contributed by atoms with Crippen LogP contribution in [-0.2, 0) is 4.79 Å². The quantitative estimate of drug-likeness (QED) is 0.835. The summed E-state index contributed by atoms with van der Waals surface area (Å²) in [5.41, 5.74) is -1.46. The Morgan fingerprint density at radius 1 is 1.32 bits per heavy atom. The molecule has 4 nitrogen and oxygen atoms in total. The number of nitrogens with one attached hydrogen (secondary N) is 1. The molecule has 7 heteroatoms. The molecule has 0 bridgehead atoms. The van der Waals surface area contributed by atoms with E-state index in [0.717, 1.165) is 0 Å². The smallest absolute Gasteiger partial charge is 0.311 e. The van der Waals surface area contributed by atoms with Gasteiger partial charge in [0.1, 0.15) is 11.6 Å². The molecule has 2 N–H and O–H groups in total. The van der Waals surface area contributed by atoms with E-state index in [1.54, 1.807) is 0 Å². The number of aliphatic carboxylic acids is 1.